The van der Waals surface area contributed by atoms with Gasteiger partial charge in [-0.2, -0.15) is 0 Å². The Bertz CT molecular complexity index is 273. The number of nitrogens with two attached hydrogens (primary N) is 2. The van der Waals surface area contributed by atoms with Gasteiger partial charge in [0, 0.05) is 23.2 Å². The predicted octanol–water partition coefficient (Wildman–Crippen LogP) is 0.988. The van der Waals surface area contributed by atoms with Crippen molar-refractivity contribution in [2.24, 2.45) is 0 Å². The summed E-state index contributed by atoms with van der Waals surface area (Å²) in [6.07, 6.45) is 1.00. The first-order chi connectivity index (χ1) is 5.15. The molecule has 0 spiro atoms. The Balaban J connectivity index is 3.36. The minimum absolute atomic E-state index is 0.192. The highest BCUT2D eigenvalue weighted by Gasteiger charge is 2.02. The number of benzene rings is 1. The smallest absolute Gasteiger partial charge is 0.127 e. The van der Waals surface area contributed by atoms with Gasteiger partial charge in [0.15, 0.2) is 0 Å². The number of rotatable bonds is 1. The summed E-state index contributed by atoms with van der Waals surface area (Å²) in [6, 6.07) is 2.27. The first-order valence-electron chi connectivity index (χ1n) is 3.00. The molecule has 4 heteroatoms. The molecule has 0 unspecified atom stereocenters. The third-order valence-corrected chi connectivity index (χ3v) is 1.35. The highest BCUT2D eigenvalue weighted by Crippen LogP contribution is 2.18. The number of anilines is 2. The molecule has 0 radical (unpaired) electrons. The van der Waals surface area contributed by atoms with Crippen LogP contribution in [0.1, 0.15) is 5.56 Å². The van der Waals surface area contributed by atoms with Crippen molar-refractivity contribution in [3.8, 4) is 0 Å². The Morgan fingerprint density at radius 1 is 1.27 bits per heavy atom. The fraction of sp³-hybridized carbons (Fsp3) is 0. The van der Waals surface area contributed by atoms with Crippen molar-refractivity contribution in [3.05, 3.63) is 23.5 Å². The van der Waals surface area contributed by atoms with Gasteiger partial charge >= 0.3 is 0 Å². The van der Waals surface area contributed by atoms with Gasteiger partial charge in [-0.3, -0.25) is 0 Å². The number of hydrogen-bond donors (Lipinski definition) is 3. The van der Waals surface area contributed by atoms with Gasteiger partial charge in [-0.15, -0.1) is 0 Å². The average Bonchev–Trinajstić information content (AvgIpc) is 1.85. The van der Waals surface area contributed by atoms with Crippen molar-refractivity contribution in [1.82, 2.24) is 0 Å². The Labute approximate surface area is 63.3 Å². The monoisotopic (exact) mass is 153 g/mol. The SMILES string of the molecule is N=Cc1c(N)cc(F)cc1N. The van der Waals surface area contributed by atoms with Crippen molar-refractivity contribution < 1.29 is 4.39 Å². The quantitative estimate of drug-likeness (QED) is 0.415. The summed E-state index contributed by atoms with van der Waals surface area (Å²) in [6.45, 7) is 0. The normalized spacial score (nSPS) is 9.55. The molecule has 0 aliphatic carbocycles. The Morgan fingerprint density at radius 3 is 2.09 bits per heavy atom. The standard InChI is InChI=1S/C7H8FN3/c8-4-1-6(10)5(3-9)7(11)2-4/h1-3,9H,10-11H2. The van der Waals surface area contributed by atoms with E-state index in [0.717, 1.165) is 18.3 Å². The van der Waals surface area contributed by atoms with Crippen molar-refractivity contribution in [2.75, 3.05) is 11.5 Å². The lowest BCUT2D eigenvalue weighted by Gasteiger charge is -2.02. The highest BCUT2D eigenvalue weighted by molar-refractivity contribution is 5.91. The van der Waals surface area contributed by atoms with Crippen LogP contribution in [0.15, 0.2) is 12.1 Å². The highest BCUT2D eigenvalue weighted by atomic mass is 19.1. The summed E-state index contributed by atoms with van der Waals surface area (Å²) in [7, 11) is 0. The van der Waals surface area contributed by atoms with Gasteiger partial charge in [0.25, 0.3) is 0 Å². The van der Waals surface area contributed by atoms with Gasteiger partial charge in [0.05, 0.1) is 0 Å². The summed E-state index contributed by atoms with van der Waals surface area (Å²) < 4.78 is 12.5. The number of hydrogen-bond acceptors (Lipinski definition) is 3. The van der Waals surface area contributed by atoms with Crippen molar-refractivity contribution in [3.63, 3.8) is 0 Å². The van der Waals surface area contributed by atoms with E-state index in [0.29, 0.717) is 5.56 Å². The third-order valence-electron chi connectivity index (χ3n) is 1.35. The molecule has 0 aliphatic rings. The summed E-state index contributed by atoms with van der Waals surface area (Å²) in [5.41, 5.74) is 11.5. The average molecular weight is 153 g/mol. The Morgan fingerprint density at radius 2 is 1.73 bits per heavy atom. The molecular weight excluding hydrogens is 145 g/mol. The van der Waals surface area contributed by atoms with Gasteiger partial charge in [0.1, 0.15) is 5.82 Å². The summed E-state index contributed by atoms with van der Waals surface area (Å²) in [5.74, 6) is -0.481. The zero-order valence-electron chi connectivity index (χ0n) is 5.76. The van der Waals surface area contributed by atoms with Gasteiger partial charge in [-0.1, -0.05) is 0 Å². The molecule has 5 N–H and O–H groups in total. The zero-order valence-corrected chi connectivity index (χ0v) is 5.76. The molecule has 58 valence electrons. The first kappa shape index (κ1) is 7.53. The van der Waals surface area contributed by atoms with Crippen LogP contribution in [0.25, 0.3) is 0 Å². The molecule has 1 aromatic rings. The van der Waals surface area contributed by atoms with E-state index >= 15 is 0 Å². The van der Waals surface area contributed by atoms with Crippen LogP contribution in [-0.2, 0) is 0 Å². The molecule has 0 aromatic heterocycles. The molecule has 0 saturated heterocycles. The minimum Gasteiger partial charge on any atom is -0.398 e. The van der Waals surface area contributed by atoms with Gasteiger partial charge in [-0.25, -0.2) is 4.39 Å². The molecule has 0 saturated carbocycles. The van der Waals surface area contributed by atoms with Crippen LogP contribution >= 0.6 is 0 Å². The lowest BCUT2D eigenvalue weighted by molar-refractivity contribution is 0.629. The van der Waals surface area contributed by atoms with Crippen LogP contribution in [0, 0.1) is 11.2 Å². The summed E-state index contributed by atoms with van der Waals surface area (Å²) >= 11 is 0. The van der Waals surface area contributed by atoms with E-state index < -0.39 is 5.82 Å². The fourth-order valence-corrected chi connectivity index (χ4v) is 0.828. The maximum absolute atomic E-state index is 12.5. The summed E-state index contributed by atoms with van der Waals surface area (Å²) in [5, 5.41) is 6.89. The molecule has 0 bridgehead atoms. The van der Waals surface area contributed by atoms with Gasteiger partial charge in [-0.05, 0) is 12.1 Å². The van der Waals surface area contributed by atoms with E-state index in [2.05, 4.69) is 0 Å². The van der Waals surface area contributed by atoms with Gasteiger partial charge < -0.3 is 16.9 Å². The predicted molar refractivity (Wildman–Crippen MR) is 43.1 cm³/mol. The van der Waals surface area contributed by atoms with Crippen LogP contribution in [0.3, 0.4) is 0 Å². The largest absolute Gasteiger partial charge is 0.398 e. The van der Waals surface area contributed by atoms with Crippen molar-refractivity contribution >= 4 is 17.6 Å². The van der Waals surface area contributed by atoms with E-state index in [1.54, 1.807) is 0 Å². The van der Waals surface area contributed by atoms with E-state index in [9.17, 15) is 4.39 Å². The number of nitrogen functional groups attached to an aromatic ring is 2. The second-order valence-electron chi connectivity index (χ2n) is 2.14. The van der Waals surface area contributed by atoms with Crippen LogP contribution < -0.4 is 11.5 Å². The maximum Gasteiger partial charge on any atom is 0.127 e. The molecule has 0 atom stereocenters. The summed E-state index contributed by atoms with van der Waals surface area (Å²) in [4.78, 5) is 0. The molecule has 0 aliphatic heterocycles. The van der Waals surface area contributed by atoms with Crippen LogP contribution in [-0.4, -0.2) is 6.21 Å². The third kappa shape index (κ3) is 1.29. The second kappa shape index (κ2) is 2.57. The van der Waals surface area contributed by atoms with Crippen molar-refractivity contribution in [1.29, 1.82) is 5.41 Å². The molecule has 0 fully saturated rings. The fourth-order valence-electron chi connectivity index (χ4n) is 0.828. The van der Waals surface area contributed by atoms with Crippen LogP contribution in [0.2, 0.25) is 0 Å². The Hall–Kier alpha value is -1.58. The van der Waals surface area contributed by atoms with Crippen LogP contribution in [0.5, 0.6) is 0 Å². The molecule has 0 heterocycles. The van der Waals surface area contributed by atoms with Crippen LogP contribution in [0.4, 0.5) is 15.8 Å². The first-order valence-corrected chi connectivity index (χ1v) is 3.00. The Kier molecular flexibility index (Phi) is 1.76. The number of nitrogens with one attached hydrogen (secondary N) is 1. The van der Waals surface area contributed by atoms with E-state index in [1.165, 1.54) is 0 Å². The second-order valence-corrected chi connectivity index (χ2v) is 2.14. The molecule has 11 heavy (non-hydrogen) atoms. The lowest BCUT2D eigenvalue weighted by Crippen LogP contribution is -1.99. The molecule has 1 aromatic carbocycles. The maximum atomic E-state index is 12.5. The van der Waals surface area contributed by atoms with E-state index in [4.69, 9.17) is 16.9 Å². The van der Waals surface area contributed by atoms with E-state index in [1.807, 2.05) is 0 Å². The molecule has 1 rings (SSSR count). The topological polar surface area (TPSA) is 75.9 Å². The molecule has 3 nitrogen and oxygen atoms in total. The number of halogens is 1. The van der Waals surface area contributed by atoms with Crippen molar-refractivity contribution in [2.45, 2.75) is 0 Å². The minimum atomic E-state index is -0.481. The van der Waals surface area contributed by atoms with Gasteiger partial charge in [0.2, 0.25) is 0 Å². The molecule has 0 amide bonds. The lowest BCUT2D eigenvalue weighted by atomic mass is 10.1. The molecular formula is C7H8FN3. The zero-order chi connectivity index (χ0) is 8.43. The van der Waals surface area contributed by atoms with E-state index in [-0.39, 0.29) is 11.4 Å².